The fourth-order valence-corrected chi connectivity index (χ4v) is 3.60. The number of fused-ring (bicyclic) bond motifs is 1. The zero-order chi connectivity index (χ0) is 23.4. The van der Waals surface area contributed by atoms with Crippen LogP contribution in [0.3, 0.4) is 0 Å². The molecular formula is C24H29F2N5O. The second kappa shape index (κ2) is 9.91. The van der Waals surface area contributed by atoms with Gasteiger partial charge in [-0.05, 0) is 56.4 Å². The molecule has 0 aliphatic rings. The molecule has 170 valence electrons. The van der Waals surface area contributed by atoms with Gasteiger partial charge in [-0.15, -0.1) is 0 Å². The van der Waals surface area contributed by atoms with Gasteiger partial charge in [0.25, 0.3) is 0 Å². The molecule has 0 fully saturated rings. The van der Waals surface area contributed by atoms with Crippen molar-refractivity contribution in [3.8, 4) is 16.9 Å². The molecule has 0 amide bonds. The van der Waals surface area contributed by atoms with Gasteiger partial charge in [0.15, 0.2) is 11.6 Å². The highest BCUT2D eigenvalue weighted by Gasteiger charge is 2.18. The number of aromatic nitrogens is 2. The second-order valence-electron chi connectivity index (χ2n) is 7.97. The first-order valence-electron chi connectivity index (χ1n) is 10.3. The molecule has 2 aromatic carbocycles. The molecule has 2 N–H and O–H groups in total. The molecule has 0 saturated heterocycles. The first-order valence-corrected chi connectivity index (χ1v) is 10.3. The lowest BCUT2D eigenvalue weighted by Crippen LogP contribution is -2.11. The summed E-state index contributed by atoms with van der Waals surface area (Å²) in [6.07, 6.45) is 2.06. The van der Waals surface area contributed by atoms with Gasteiger partial charge in [0.05, 0.1) is 17.8 Å². The first-order chi connectivity index (χ1) is 15.2. The van der Waals surface area contributed by atoms with E-state index in [1.54, 1.807) is 20.2 Å². The number of hydrogen-bond donors (Lipinski definition) is 1. The lowest BCUT2D eigenvalue weighted by Gasteiger charge is -2.14. The van der Waals surface area contributed by atoms with E-state index in [9.17, 15) is 8.78 Å². The smallest absolute Gasteiger partial charge is 0.201 e. The number of hydrogen-bond acceptors (Lipinski definition) is 5. The Morgan fingerprint density at radius 3 is 2.66 bits per heavy atom. The summed E-state index contributed by atoms with van der Waals surface area (Å²) in [4.78, 5) is 6.01. The number of aliphatic imine (C=N–C) groups is 1. The maximum atomic E-state index is 14.8. The highest BCUT2D eigenvalue weighted by atomic mass is 19.2. The zero-order valence-electron chi connectivity index (χ0n) is 19.1. The van der Waals surface area contributed by atoms with Crippen LogP contribution in [0.4, 0.5) is 8.78 Å². The van der Waals surface area contributed by atoms with Gasteiger partial charge in [-0.2, -0.15) is 9.49 Å². The van der Waals surface area contributed by atoms with Crippen molar-refractivity contribution in [2.45, 2.75) is 19.9 Å². The van der Waals surface area contributed by atoms with Crippen LogP contribution in [0.5, 0.6) is 5.75 Å². The van der Waals surface area contributed by atoms with Gasteiger partial charge in [0.2, 0.25) is 5.82 Å². The minimum Gasteiger partial charge on any atom is -0.489 e. The molecule has 8 heteroatoms. The van der Waals surface area contributed by atoms with Crippen LogP contribution in [-0.4, -0.2) is 48.6 Å². The molecule has 3 aromatic rings. The van der Waals surface area contributed by atoms with Gasteiger partial charge in [-0.3, -0.25) is 9.67 Å². The number of rotatable bonds is 8. The van der Waals surface area contributed by atoms with Gasteiger partial charge >= 0.3 is 0 Å². The van der Waals surface area contributed by atoms with Crippen molar-refractivity contribution in [2.24, 2.45) is 17.8 Å². The quantitative estimate of drug-likeness (QED) is 0.530. The number of benzene rings is 2. The van der Waals surface area contributed by atoms with Crippen molar-refractivity contribution in [3.05, 3.63) is 58.9 Å². The predicted molar refractivity (Wildman–Crippen MR) is 125 cm³/mol. The lowest BCUT2D eigenvalue weighted by molar-refractivity contribution is 0.301. The third-order valence-electron chi connectivity index (χ3n) is 5.16. The number of ether oxygens (including phenoxy) is 1. The summed E-state index contributed by atoms with van der Waals surface area (Å²) in [6, 6.07) is 8.39. The highest BCUT2D eigenvalue weighted by molar-refractivity contribution is 5.88. The van der Waals surface area contributed by atoms with Crippen LogP contribution in [0.25, 0.3) is 22.0 Å². The van der Waals surface area contributed by atoms with Crippen LogP contribution in [0.15, 0.2) is 46.6 Å². The number of nitrogens with zero attached hydrogens (tertiary/aromatic N) is 4. The zero-order valence-corrected chi connectivity index (χ0v) is 19.1. The maximum absolute atomic E-state index is 14.8. The topological polar surface area (TPSA) is 68.7 Å². The van der Waals surface area contributed by atoms with E-state index >= 15 is 0 Å². The van der Waals surface area contributed by atoms with E-state index in [2.05, 4.69) is 10.1 Å². The van der Waals surface area contributed by atoms with Crippen molar-refractivity contribution >= 4 is 17.1 Å². The van der Waals surface area contributed by atoms with Crippen LogP contribution < -0.4 is 10.5 Å². The number of aryl methyl sites for hydroxylation is 1. The molecular weight excluding hydrogens is 412 g/mol. The minimum absolute atomic E-state index is 0.120. The molecule has 0 aliphatic heterocycles. The molecule has 0 unspecified atom stereocenters. The van der Waals surface area contributed by atoms with Crippen LogP contribution in [0.1, 0.15) is 19.0 Å². The predicted octanol–water partition coefficient (Wildman–Crippen LogP) is 4.28. The lowest BCUT2D eigenvalue weighted by atomic mass is 10.0. The van der Waals surface area contributed by atoms with E-state index < -0.39 is 11.6 Å². The molecule has 6 nitrogen and oxygen atoms in total. The Hall–Kier alpha value is -3.26. The summed E-state index contributed by atoms with van der Waals surface area (Å²) in [5.74, 6) is -2.09. The van der Waals surface area contributed by atoms with Crippen LogP contribution in [-0.2, 0) is 13.6 Å². The highest BCUT2D eigenvalue weighted by Crippen LogP contribution is 2.36. The van der Waals surface area contributed by atoms with Crippen LogP contribution in [0.2, 0.25) is 0 Å². The van der Waals surface area contributed by atoms with E-state index in [0.717, 1.165) is 33.8 Å². The monoisotopic (exact) mass is 441 g/mol. The molecule has 1 heterocycles. The summed E-state index contributed by atoms with van der Waals surface area (Å²) in [5.41, 5.74) is 10.3. The van der Waals surface area contributed by atoms with Crippen molar-refractivity contribution < 1.29 is 13.5 Å². The Bertz CT molecular complexity index is 1180. The van der Waals surface area contributed by atoms with E-state index in [0.29, 0.717) is 24.2 Å². The normalized spacial score (nSPS) is 12.8. The van der Waals surface area contributed by atoms with Gasteiger partial charge in [0, 0.05) is 49.9 Å². The van der Waals surface area contributed by atoms with Crippen molar-refractivity contribution in [3.63, 3.8) is 0 Å². The number of allylic oxidation sites excluding steroid dienone is 1. The fourth-order valence-electron chi connectivity index (χ4n) is 3.60. The average Bonchev–Trinajstić information content (AvgIpc) is 3.04. The summed E-state index contributed by atoms with van der Waals surface area (Å²) in [7, 11) is 7.48. The molecule has 0 radical (unpaired) electrons. The molecule has 1 aromatic heterocycles. The molecule has 3 rings (SSSR count). The van der Waals surface area contributed by atoms with Crippen molar-refractivity contribution in [1.82, 2.24) is 14.7 Å². The molecule has 0 saturated carbocycles. The van der Waals surface area contributed by atoms with Gasteiger partial charge < -0.3 is 15.4 Å². The standard InChI is InChI=1S/C24H29F2N5O/c1-15(27)17(13-28-2)10-11-32-24-18(7-8-20(25)23(24)26)16-6-9-22-19(12-16)21(14-30(3)4)29-31(22)5/h6-9,12-13H,10-11,14,27H2,1-5H3. The number of halogens is 2. The third kappa shape index (κ3) is 4.96. The Balaban J connectivity index is 2.00. The fraction of sp³-hybridized carbons (Fsp3) is 0.333. The molecule has 0 aliphatic carbocycles. The minimum atomic E-state index is -1.01. The van der Waals surface area contributed by atoms with Crippen LogP contribution >= 0.6 is 0 Å². The molecule has 0 bridgehead atoms. The largest absolute Gasteiger partial charge is 0.489 e. The van der Waals surface area contributed by atoms with Gasteiger partial charge in [-0.1, -0.05) is 6.07 Å². The second-order valence-corrected chi connectivity index (χ2v) is 7.97. The SMILES string of the molecule is CN=CC(CCOc1c(-c2ccc3c(c2)c(CN(C)C)nn3C)ccc(F)c1F)=C(C)N. The first kappa shape index (κ1) is 23.4. The van der Waals surface area contributed by atoms with Crippen molar-refractivity contribution in [1.29, 1.82) is 0 Å². The van der Waals surface area contributed by atoms with Gasteiger partial charge in [-0.25, -0.2) is 4.39 Å². The number of nitrogens with two attached hydrogens (primary N) is 1. The Morgan fingerprint density at radius 1 is 1.25 bits per heavy atom. The van der Waals surface area contributed by atoms with E-state index in [1.165, 1.54) is 6.07 Å². The van der Waals surface area contributed by atoms with E-state index in [1.807, 2.05) is 48.9 Å². The summed E-state index contributed by atoms with van der Waals surface area (Å²) in [5, 5.41) is 5.56. The molecule has 32 heavy (non-hydrogen) atoms. The van der Waals surface area contributed by atoms with Crippen molar-refractivity contribution in [2.75, 3.05) is 27.7 Å². The Morgan fingerprint density at radius 2 is 2.00 bits per heavy atom. The molecule has 0 spiro atoms. The summed E-state index contributed by atoms with van der Waals surface area (Å²) in [6.45, 7) is 2.55. The summed E-state index contributed by atoms with van der Waals surface area (Å²) >= 11 is 0. The van der Waals surface area contributed by atoms with Crippen LogP contribution in [0, 0.1) is 11.6 Å². The average molecular weight is 442 g/mol. The third-order valence-corrected chi connectivity index (χ3v) is 5.16. The van der Waals surface area contributed by atoms with Gasteiger partial charge in [0.1, 0.15) is 0 Å². The summed E-state index contributed by atoms with van der Waals surface area (Å²) < 4.78 is 36.4. The Kier molecular flexibility index (Phi) is 7.25. The molecule has 0 atom stereocenters. The van der Waals surface area contributed by atoms with E-state index in [-0.39, 0.29) is 12.4 Å². The Labute approximate surface area is 187 Å². The van der Waals surface area contributed by atoms with E-state index in [4.69, 9.17) is 10.5 Å². The maximum Gasteiger partial charge on any atom is 0.201 e.